The molecule has 6 heteroatoms. The summed E-state index contributed by atoms with van der Waals surface area (Å²) in [5.74, 6) is 0.660. The van der Waals surface area contributed by atoms with Gasteiger partial charge >= 0.3 is 0 Å². The Labute approximate surface area is 131 Å². The molecule has 0 fully saturated rings. The van der Waals surface area contributed by atoms with Gasteiger partial charge in [-0.25, -0.2) is 8.42 Å². The average Bonchev–Trinajstić information content (AvgIpc) is 2.91. The quantitative estimate of drug-likeness (QED) is 0.662. The Morgan fingerprint density at radius 3 is 2.52 bits per heavy atom. The van der Waals surface area contributed by atoms with E-state index in [-0.39, 0.29) is 4.21 Å². The molecule has 0 N–H and O–H groups in total. The van der Waals surface area contributed by atoms with Crippen LogP contribution < -0.4 is 4.74 Å². The normalized spacial score (nSPS) is 11.7. The molecule has 0 aliphatic rings. The third-order valence-electron chi connectivity index (χ3n) is 2.96. The summed E-state index contributed by atoms with van der Waals surface area (Å²) in [6, 6.07) is 16.9. The molecule has 0 amide bonds. The van der Waals surface area contributed by atoms with Gasteiger partial charge in [0.15, 0.2) is 0 Å². The lowest BCUT2D eigenvalue weighted by molar-refractivity contribution is 0.310. The van der Waals surface area contributed by atoms with Crippen LogP contribution in [0.2, 0.25) is 0 Å². The van der Waals surface area contributed by atoms with Gasteiger partial charge in [0.1, 0.15) is 16.6 Å². The highest BCUT2D eigenvalue weighted by atomic mass is 35.7. The minimum atomic E-state index is -3.71. The van der Waals surface area contributed by atoms with E-state index in [0.29, 0.717) is 12.4 Å². The Kier molecular flexibility index (Phi) is 3.89. The van der Waals surface area contributed by atoms with Crippen molar-refractivity contribution < 1.29 is 13.2 Å². The van der Waals surface area contributed by atoms with Gasteiger partial charge < -0.3 is 4.74 Å². The third-order valence-corrected chi connectivity index (χ3v) is 6.20. The molecule has 0 unspecified atom stereocenters. The van der Waals surface area contributed by atoms with E-state index in [1.54, 1.807) is 6.07 Å². The first kappa shape index (κ1) is 14.4. The molecular weight excluding hydrogens is 328 g/mol. The van der Waals surface area contributed by atoms with Gasteiger partial charge in [-0.1, -0.05) is 42.5 Å². The van der Waals surface area contributed by atoms with Gasteiger partial charge in [-0.15, -0.1) is 11.3 Å². The lowest BCUT2D eigenvalue weighted by Gasteiger charge is -2.07. The van der Waals surface area contributed by atoms with Crippen molar-refractivity contribution in [3.05, 3.63) is 60.2 Å². The molecule has 0 saturated carbocycles. The van der Waals surface area contributed by atoms with Crippen LogP contribution in [0.4, 0.5) is 0 Å². The number of benzene rings is 2. The molecule has 1 aromatic heterocycles. The fraction of sp³-hybridized carbons (Fsp3) is 0.0667. The molecular formula is C15H11ClO3S2. The Balaban J connectivity index is 1.94. The van der Waals surface area contributed by atoms with E-state index >= 15 is 0 Å². The third kappa shape index (κ3) is 3.20. The summed E-state index contributed by atoms with van der Waals surface area (Å²) in [5.41, 5.74) is 1.05. The van der Waals surface area contributed by atoms with Crippen molar-refractivity contribution in [2.45, 2.75) is 10.8 Å². The van der Waals surface area contributed by atoms with Crippen LogP contribution in [0.25, 0.3) is 10.1 Å². The second kappa shape index (κ2) is 5.67. The SMILES string of the molecule is O=S(=O)(Cl)c1cc2cccc(OCc3ccccc3)c2s1. The lowest BCUT2D eigenvalue weighted by atomic mass is 10.2. The Morgan fingerprint density at radius 1 is 1.05 bits per heavy atom. The van der Waals surface area contributed by atoms with Crippen molar-refractivity contribution in [3.63, 3.8) is 0 Å². The summed E-state index contributed by atoms with van der Waals surface area (Å²) in [4.78, 5) is 0. The Bertz CT molecular complexity index is 870. The highest BCUT2D eigenvalue weighted by Gasteiger charge is 2.16. The molecule has 21 heavy (non-hydrogen) atoms. The summed E-state index contributed by atoms with van der Waals surface area (Å²) in [5, 5.41) is 0.810. The van der Waals surface area contributed by atoms with Crippen LogP contribution in [0.1, 0.15) is 5.56 Å². The highest BCUT2D eigenvalue weighted by Crippen LogP contribution is 2.37. The van der Waals surface area contributed by atoms with Gasteiger partial charge in [0.05, 0.1) is 4.70 Å². The largest absolute Gasteiger partial charge is 0.487 e. The molecule has 0 aliphatic heterocycles. The van der Waals surface area contributed by atoms with Crippen molar-refractivity contribution in [3.8, 4) is 5.75 Å². The summed E-state index contributed by atoms with van der Waals surface area (Å²) >= 11 is 1.12. The molecule has 3 rings (SSSR count). The van der Waals surface area contributed by atoms with Crippen LogP contribution in [-0.4, -0.2) is 8.42 Å². The fourth-order valence-corrected chi connectivity index (χ4v) is 4.17. The zero-order chi connectivity index (χ0) is 14.9. The molecule has 1 heterocycles. The molecule has 3 nitrogen and oxygen atoms in total. The van der Waals surface area contributed by atoms with Crippen LogP contribution in [0, 0.1) is 0 Å². The second-order valence-electron chi connectivity index (χ2n) is 4.45. The maximum Gasteiger partial charge on any atom is 0.270 e. The topological polar surface area (TPSA) is 43.4 Å². The van der Waals surface area contributed by atoms with E-state index < -0.39 is 9.05 Å². The highest BCUT2D eigenvalue weighted by molar-refractivity contribution is 8.15. The van der Waals surface area contributed by atoms with Crippen molar-refractivity contribution in [1.82, 2.24) is 0 Å². The average molecular weight is 339 g/mol. The van der Waals surface area contributed by atoms with E-state index in [0.717, 1.165) is 27.0 Å². The summed E-state index contributed by atoms with van der Waals surface area (Å²) in [6.07, 6.45) is 0. The fourth-order valence-electron chi connectivity index (χ4n) is 1.98. The van der Waals surface area contributed by atoms with Crippen LogP contribution in [0.3, 0.4) is 0 Å². The molecule has 2 aromatic carbocycles. The molecule has 108 valence electrons. The number of fused-ring (bicyclic) bond motifs is 1. The van der Waals surface area contributed by atoms with Crippen molar-refractivity contribution in [2.75, 3.05) is 0 Å². The number of halogens is 1. The minimum absolute atomic E-state index is 0.134. The first-order chi connectivity index (χ1) is 10.0. The van der Waals surface area contributed by atoms with Gasteiger partial charge in [0, 0.05) is 10.7 Å². The number of thiophene rings is 1. The van der Waals surface area contributed by atoms with E-state index in [2.05, 4.69) is 0 Å². The minimum Gasteiger partial charge on any atom is -0.487 e. The second-order valence-corrected chi connectivity index (χ2v) is 8.30. The van der Waals surface area contributed by atoms with Crippen molar-refractivity contribution in [2.24, 2.45) is 0 Å². The predicted molar refractivity (Wildman–Crippen MR) is 85.6 cm³/mol. The first-order valence-corrected chi connectivity index (χ1v) is 9.30. The molecule has 0 aliphatic carbocycles. The van der Waals surface area contributed by atoms with Crippen LogP contribution >= 0.6 is 22.0 Å². The molecule has 3 aromatic rings. The van der Waals surface area contributed by atoms with E-state index in [1.807, 2.05) is 48.5 Å². The summed E-state index contributed by atoms with van der Waals surface area (Å²) in [7, 11) is 1.68. The Hall–Kier alpha value is -1.56. The number of hydrogen-bond donors (Lipinski definition) is 0. The zero-order valence-corrected chi connectivity index (χ0v) is 13.2. The van der Waals surface area contributed by atoms with Gasteiger partial charge in [0.25, 0.3) is 9.05 Å². The van der Waals surface area contributed by atoms with Crippen LogP contribution in [0.15, 0.2) is 58.8 Å². The molecule has 0 radical (unpaired) electrons. The van der Waals surface area contributed by atoms with Gasteiger partial charge in [-0.3, -0.25) is 0 Å². The van der Waals surface area contributed by atoms with E-state index in [1.165, 1.54) is 0 Å². The number of ether oxygens (including phenoxy) is 1. The first-order valence-electron chi connectivity index (χ1n) is 6.18. The molecule has 0 spiro atoms. The van der Waals surface area contributed by atoms with Crippen LogP contribution in [-0.2, 0) is 15.7 Å². The number of hydrogen-bond acceptors (Lipinski definition) is 4. The van der Waals surface area contributed by atoms with Gasteiger partial charge in [-0.2, -0.15) is 0 Å². The standard InChI is InChI=1S/C15H11ClO3S2/c16-21(17,18)14-9-12-7-4-8-13(15(12)20-14)19-10-11-5-2-1-3-6-11/h1-9H,10H2. The summed E-state index contributed by atoms with van der Waals surface area (Å²) in [6.45, 7) is 0.431. The molecule has 0 bridgehead atoms. The smallest absolute Gasteiger partial charge is 0.270 e. The Morgan fingerprint density at radius 2 is 1.81 bits per heavy atom. The molecule has 0 saturated heterocycles. The number of rotatable bonds is 4. The monoisotopic (exact) mass is 338 g/mol. The van der Waals surface area contributed by atoms with Crippen LogP contribution in [0.5, 0.6) is 5.75 Å². The maximum absolute atomic E-state index is 11.4. The van der Waals surface area contributed by atoms with Crippen molar-refractivity contribution >= 4 is 41.2 Å². The lowest BCUT2D eigenvalue weighted by Crippen LogP contribution is -1.94. The maximum atomic E-state index is 11.4. The molecule has 0 atom stereocenters. The van der Waals surface area contributed by atoms with Crippen molar-refractivity contribution in [1.29, 1.82) is 0 Å². The summed E-state index contributed by atoms with van der Waals surface area (Å²) < 4.78 is 29.6. The van der Waals surface area contributed by atoms with Gasteiger partial charge in [-0.05, 0) is 23.1 Å². The van der Waals surface area contributed by atoms with Gasteiger partial charge in [0.2, 0.25) is 0 Å². The predicted octanol–water partition coefficient (Wildman–Crippen LogP) is 4.41. The van der Waals surface area contributed by atoms with E-state index in [9.17, 15) is 8.42 Å². The zero-order valence-electron chi connectivity index (χ0n) is 10.8. The van der Waals surface area contributed by atoms with E-state index in [4.69, 9.17) is 15.4 Å².